The van der Waals surface area contributed by atoms with Crippen LogP contribution in [0.2, 0.25) is 5.02 Å². The normalized spacial score (nSPS) is 12.3. The van der Waals surface area contributed by atoms with E-state index in [0.717, 1.165) is 37.4 Å². The van der Waals surface area contributed by atoms with E-state index in [2.05, 4.69) is 0 Å². The quantitative estimate of drug-likeness (QED) is 0.554. The molecule has 0 aliphatic heterocycles. The summed E-state index contributed by atoms with van der Waals surface area (Å²) in [4.78, 5) is 8.75. The van der Waals surface area contributed by atoms with Crippen molar-refractivity contribution in [2.45, 2.75) is 9.79 Å². The monoisotopic (exact) mass is 408 g/mol. The van der Waals surface area contributed by atoms with Crippen molar-refractivity contribution < 1.29 is 26.1 Å². The molecule has 0 spiro atoms. The van der Waals surface area contributed by atoms with Gasteiger partial charge in [-0.05, 0) is 30.3 Å². The predicted octanol–water partition coefficient (Wildman–Crippen LogP) is 2.40. The molecule has 0 amide bonds. The Hall–Kier alpha value is -2.08. The highest BCUT2D eigenvalue weighted by atomic mass is 35.5. The number of halogens is 2. The zero-order valence-electron chi connectivity index (χ0n) is 12.5. The summed E-state index contributed by atoms with van der Waals surface area (Å²) in [7, 11) is -8.53. The molecular weight excluding hydrogens is 399 g/mol. The number of rotatable bonds is 5. The van der Waals surface area contributed by atoms with Crippen LogP contribution in [0.1, 0.15) is 0 Å². The lowest BCUT2D eigenvalue weighted by Gasteiger charge is -2.17. The van der Waals surface area contributed by atoms with Crippen LogP contribution in [0.15, 0.2) is 52.3 Å². The fourth-order valence-electron chi connectivity index (χ4n) is 1.85. The van der Waals surface area contributed by atoms with Crippen LogP contribution in [-0.4, -0.2) is 32.5 Å². The molecule has 0 N–H and O–H groups in total. The van der Waals surface area contributed by atoms with Gasteiger partial charge in [0.05, 0.1) is 14.7 Å². The Morgan fingerprint density at radius 1 is 1.04 bits per heavy atom. The SMILES string of the molecule is CN(S(=O)(=O)c1cccc(F)c1)S(=O)(=O)c1ccc(Cl)c([N+](=O)[O-])c1. The maximum absolute atomic E-state index is 13.2. The van der Waals surface area contributed by atoms with Crippen LogP contribution in [0.4, 0.5) is 10.1 Å². The van der Waals surface area contributed by atoms with E-state index in [9.17, 15) is 31.3 Å². The second kappa shape index (κ2) is 6.67. The van der Waals surface area contributed by atoms with E-state index in [4.69, 9.17) is 11.6 Å². The van der Waals surface area contributed by atoms with Crippen LogP contribution in [0.25, 0.3) is 0 Å². The van der Waals surface area contributed by atoms with Gasteiger partial charge < -0.3 is 0 Å². The molecule has 0 heterocycles. The molecule has 0 saturated carbocycles. The summed E-state index contributed by atoms with van der Waals surface area (Å²) in [6.45, 7) is 0. The summed E-state index contributed by atoms with van der Waals surface area (Å²) in [6.07, 6.45) is 0. The van der Waals surface area contributed by atoms with Crippen molar-refractivity contribution in [2.75, 3.05) is 7.05 Å². The van der Waals surface area contributed by atoms with Crippen LogP contribution in [0.3, 0.4) is 0 Å². The smallest absolute Gasteiger partial charge is 0.258 e. The van der Waals surface area contributed by atoms with Crippen molar-refractivity contribution in [3.63, 3.8) is 0 Å². The van der Waals surface area contributed by atoms with Gasteiger partial charge in [0.25, 0.3) is 25.7 Å². The Bertz CT molecular complexity index is 1060. The van der Waals surface area contributed by atoms with E-state index >= 15 is 0 Å². The van der Waals surface area contributed by atoms with E-state index in [0.29, 0.717) is 12.1 Å². The minimum Gasteiger partial charge on any atom is -0.258 e. The zero-order valence-corrected chi connectivity index (χ0v) is 14.8. The van der Waals surface area contributed by atoms with E-state index < -0.39 is 46.3 Å². The zero-order chi connectivity index (χ0) is 19.0. The van der Waals surface area contributed by atoms with Gasteiger partial charge in [-0.1, -0.05) is 21.4 Å². The number of benzene rings is 2. The second-order valence-corrected chi connectivity index (χ2v) is 9.29. The van der Waals surface area contributed by atoms with Crippen molar-refractivity contribution >= 4 is 37.3 Å². The molecule has 134 valence electrons. The first kappa shape index (κ1) is 19.2. The van der Waals surface area contributed by atoms with E-state index in [1.54, 1.807) is 0 Å². The first-order valence-corrected chi connectivity index (χ1v) is 9.67. The third-order valence-corrected chi connectivity index (χ3v) is 7.73. The molecule has 2 aromatic rings. The largest absolute Gasteiger partial charge is 0.289 e. The average Bonchev–Trinajstić information content (AvgIpc) is 2.54. The van der Waals surface area contributed by atoms with Gasteiger partial charge in [-0.3, -0.25) is 10.1 Å². The highest BCUT2D eigenvalue weighted by molar-refractivity contribution is 8.04. The van der Waals surface area contributed by atoms with Gasteiger partial charge >= 0.3 is 0 Å². The molecule has 0 aromatic heterocycles. The summed E-state index contributed by atoms with van der Waals surface area (Å²) in [5.74, 6) is -0.867. The average molecular weight is 409 g/mol. The minimum absolute atomic E-state index is 0.0156. The third kappa shape index (κ3) is 3.63. The van der Waals surface area contributed by atoms with Crippen molar-refractivity contribution in [3.8, 4) is 0 Å². The van der Waals surface area contributed by atoms with E-state index in [1.807, 2.05) is 0 Å². The maximum Gasteiger partial charge on any atom is 0.289 e. The van der Waals surface area contributed by atoms with Crippen LogP contribution in [-0.2, 0) is 20.0 Å². The molecule has 0 aliphatic rings. The van der Waals surface area contributed by atoms with Gasteiger partial charge in [0, 0.05) is 13.1 Å². The van der Waals surface area contributed by atoms with Crippen molar-refractivity contribution in [3.05, 3.63) is 63.4 Å². The van der Waals surface area contributed by atoms with Gasteiger partial charge in [-0.25, -0.2) is 21.2 Å². The molecule has 25 heavy (non-hydrogen) atoms. The lowest BCUT2D eigenvalue weighted by Crippen LogP contribution is -2.33. The fraction of sp³-hybridized carbons (Fsp3) is 0.0769. The first-order chi connectivity index (χ1) is 11.5. The summed E-state index contributed by atoms with van der Waals surface area (Å²) in [6, 6.07) is 6.33. The number of nitrogens with zero attached hydrogens (tertiary/aromatic N) is 2. The standard InChI is InChI=1S/C13H10ClFN2O6S2/c1-16(24(20,21)10-4-2-3-9(15)7-10)25(22,23)11-5-6-12(14)13(8-11)17(18)19/h2-8H,1H3. The fourth-order valence-corrected chi connectivity index (χ4v) is 5.19. The Morgan fingerprint density at radius 3 is 2.12 bits per heavy atom. The van der Waals surface area contributed by atoms with Gasteiger partial charge in [-0.2, -0.15) is 0 Å². The first-order valence-electron chi connectivity index (χ1n) is 6.41. The highest BCUT2D eigenvalue weighted by Crippen LogP contribution is 2.30. The second-order valence-electron chi connectivity index (χ2n) is 4.72. The van der Waals surface area contributed by atoms with Gasteiger partial charge in [0.2, 0.25) is 0 Å². The van der Waals surface area contributed by atoms with Crippen LogP contribution >= 0.6 is 11.6 Å². The third-order valence-electron chi connectivity index (χ3n) is 3.18. The summed E-state index contributed by atoms with van der Waals surface area (Å²) >= 11 is 5.61. The Labute approximate surface area is 147 Å². The number of hydrogen-bond acceptors (Lipinski definition) is 6. The van der Waals surface area contributed by atoms with Crippen LogP contribution < -0.4 is 0 Å². The summed E-state index contributed by atoms with van der Waals surface area (Å²) in [5, 5.41) is 10.6. The minimum atomic E-state index is -4.67. The molecule has 0 unspecified atom stereocenters. The molecule has 0 radical (unpaired) electrons. The number of nitro benzene ring substituents is 1. The van der Waals surface area contributed by atoms with Crippen molar-refractivity contribution in [1.82, 2.24) is 3.71 Å². The molecule has 0 saturated heterocycles. The predicted molar refractivity (Wildman–Crippen MR) is 86.6 cm³/mol. The summed E-state index contributed by atoms with van der Waals surface area (Å²) < 4.78 is 63.1. The Morgan fingerprint density at radius 2 is 1.60 bits per heavy atom. The van der Waals surface area contributed by atoms with Crippen LogP contribution in [0.5, 0.6) is 0 Å². The molecule has 2 rings (SSSR count). The Kier molecular flexibility index (Phi) is 5.14. The van der Waals surface area contributed by atoms with E-state index in [1.165, 1.54) is 0 Å². The molecule has 2 aromatic carbocycles. The van der Waals surface area contributed by atoms with Crippen molar-refractivity contribution in [2.24, 2.45) is 0 Å². The van der Waals surface area contributed by atoms with Crippen LogP contribution in [0, 0.1) is 15.9 Å². The molecule has 0 fully saturated rings. The maximum atomic E-state index is 13.2. The number of sulfonamides is 2. The lowest BCUT2D eigenvalue weighted by atomic mass is 10.3. The Balaban J connectivity index is 2.56. The summed E-state index contributed by atoms with van der Waals surface area (Å²) in [5.41, 5.74) is -0.695. The molecular formula is C13H10ClFN2O6S2. The van der Waals surface area contributed by atoms with E-state index in [-0.39, 0.29) is 8.73 Å². The molecule has 0 bridgehead atoms. The number of hydrogen-bond donors (Lipinski definition) is 0. The number of nitro groups is 1. The van der Waals surface area contributed by atoms with Crippen molar-refractivity contribution in [1.29, 1.82) is 0 Å². The molecule has 0 atom stereocenters. The van der Waals surface area contributed by atoms with Gasteiger partial charge in [-0.15, -0.1) is 0 Å². The highest BCUT2D eigenvalue weighted by Gasteiger charge is 2.34. The van der Waals surface area contributed by atoms with Gasteiger partial charge in [0.1, 0.15) is 10.8 Å². The molecule has 12 heteroatoms. The van der Waals surface area contributed by atoms with Gasteiger partial charge in [0.15, 0.2) is 0 Å². The molecule has 0 aliphatic carbocycles. The lowest BCUT2D eigenvalue weighted by molar-refractivity contribution is -0.384. The molecule has 8 nitrogen and oxygen atoms in total. The topological polar surface area (TPSA) is 115 Å².